The van der Waals surface area contributed by atoms with Crippen LogP contribution in [0.25, 0.3) is 0 Å². The zero-order chi connectivity index (χ0) is 30.1. The molecule has 44 heavy (non-hydrogen) atoms. The van der Waals surface area contributed by atoms with E-state index in [-0.39, 0.29) is 23.8 Å². The predicted molar refractivity (Wildman–Crippen MR) is 171 cm³/mol. The van der Waals surface area contributed by atoms with Crippen molar-refractivity contribution in [2.45, 2.75) is 50.0 Å². The van der Waals surface area contributed by atoms with Crippen molar-refractivity contribution in [1.29, 1.82) is 0 Å². The molecule has 3 atom stereocenters. The van der Waals surface area contributed by atoms with Crippen LogP contribution in [-0.4, -0.2) is 66.7 Å². The van der Waals surface area contributed by atoms with Crippen LogP contribution in [0.4, 0.5) is 5.69 Å². The SMILES string of the molecule is CC1(NC(=O)c2cccs2)C=CC(N2N=CCC3C=C(NC(=O)c4ccc(N5CCC6(CC5)OCCO6)cc4)C=CC32)=CC1. The van der Waals surface area contributed by atoms with Gasteiger partial charge in [0.25, 0.3) is 11.8 Å². The summed E-state index contributed by atoms with van der Waals surface area (Å²) < 4.78 is 11.7. The molecular weight excluding hydrogens is 574 g/mol. The third kappa shape index (κ3) is 5.89. The van der Waals surface area contributed by atoms with Crippen molar-refractivity contribution in [3.8, 4) is 0 Å². The largest absolute Gasteiger partial charge is 0.371 e. The van der Waals surface area contributed by atoms with Crippen molar-refractivity contribution >= 4 is 35.1 Å². The van der Waals surface area contributed by atoms with Gasteiger partial charge >= 0.3 is 0 Å². The minimum absolute atomic E-state index is 0.0459. The molecule has 1 aromatic heterocycles. The van der Waals surface area contributed by atoms with Crippen molar-refractivity contribution in [3.63, 3.8) is 0 Å². The van der Waals surface area contributed by atoms with E-state index < -0.39 is 11.3 Å². The minimum atomic E-state index is -0.461. The van der Waals surface area contributed by atoms with Crippen LogP contribution in [0.5, 0.6) is 0 Å². The first-order valence-corrected chi connectivity index (χ1v) is 16.2. The molecular formula is C34H37N5O4S. The van der Waals surface area contributed by atoms with E-state index in [0.717, 1.165) is 49.4 Å². The quantitative estimate of drug-likeness (QED) is 0.479. The number of carbonyl (C=O) groups is 2. The summed E-state index contributed by atoms with van der Waals surface area (Å²) in [5.74, 6) is -0.408. The van der Waals surface area contributed by atoms with E-state index in [0.29, 0.717) is 30.1 Å². The first-order chi connectivity index (χ1) is 21.4. The number of amides is 2. The highest BCUT2D eigenvalue weighted by molar-refractivity contribution is 7.12. The second-order valence-corrected chi connectivity index (χ2v) is 13.1. The first-order valence-electron chi connectivity index (χ1n) is 15.3. The number of ether oxygens (including phenoxy) is 2. The second-order valence-electron chi connectivity index (χ2n) is 12.1. The summed E-state index contributed by atoms with van der Waals surface area (Å²) in [6.07, 6.45) is 17.5. The van der Waals surface area contributed by atoms with Crippen LogP contribution >= 0.6 is 11.3 Å². The number of nitrogens with one attached hydrogen (secondary N) is 2. The lowest BCUT2D eigenvalue weighted by molar-refractivity contribution is -0.169. The van der Waals surface area contributed by atoms with Crippen LogP contribution < -0.4 is 15.5 Å². The zero-order valence-electron chi connectivity index (χ0n) is 24.8. The van der Waals surface area contributed by atoms with Gasteiger partial charge in [-0.3, -0.25) is 14.6 Å². The lowest BCUT2D eigenvalue weighted by Crippen LogP contribution is -2.46. The molecule has 9 nitrogen and oxygen atoms in total. The van der Waals surface area contributed by atoms with Crippen molar-refractivity contribution in [2.24, 2.45) is 11.0 Å². The molecule has 2 aromatic rings. The van der Waals surface area contributed by atoms with Gasteiger partial charge in [0.1, 0.15) is 0 Å². The Morgan fingerprint density at radius 1 is 1.05 bits per heavy atom. The molecule has 3 unspecified atom stereocenters. The summed E-state index contributed by atoms with van der Waals surface area (Å²) >= 11 is 1.44. The summed E-state index contributed by atoms with van der Waals surface area (Å²) in [4.78, 5) is 28.8. The van der Waals surface area contributed by atoms with E-state index >= 15 is 0 Å². The molecule has 0 saturated carbocycles. The number of hydrazone groups is 1. The Morgan fingerprint density at radius 2 is 1.84 bits per heavy atom. The maximum atomic E-state index is 13.1. The molecule has 0 radical (unpaired) electrons. The van der Waals surface area contributed by atoms with Crippen LogP contribution in [0.2, 0.25) is 0 Å². The second kappa shape index (κ2) is 11.8. The smallest absolute Gasteiger partial charge is 0.262 e. The van der Waals surface area contributed by atoms with E-state index in [4.69, 9.17) is 14.6 Å². The fraction of sp³-hybridized carbons (Fsp3) is 0.382. The van der Waals surface area contributed by atoms with Crippen molar-refractivity contribution in [3.05, 3.63) is 100 Å². The molecule has 0 bridgehead atoms. The number of nitrogens with zero attached hydrogens (tertiary/aromatic N) is 3. The van der Waals surface area contributed by atoms with Gasteiger partial charge in [0, 0.05) is 55.0 Å². The van der Waals surface area contributed by atoms with Gasteiger partial charge in [0.2, 0.25) is 0 Å². The molecule has 5 aliphatic rings. The Morgan fingerprint density at radius 3 is 2.55 bits per heavy atom. The van der Waals surface area contributed by atoms with Gasteiger partial charge in [0.05, 0.1) is 35.4 Å². The summed E-state index contributed by atoms with van der Waals surface area (Å²) in [5.41, 5.74) is 3.06. The maximum Gasteiger partial charge on any atom is 0.262 e. The number of rotatable bonds is 6. The molecule has 2 saturated heterocycles. The molecule has 1 aromatic carbocycles. The third-order valence-electron chi connectivity index (χ3n) is 9.03. The third-order valence-corrected chi connectivity index (χ3v) is 9.90. The van der Waals surface area contributed by atoms with Crippen LogP contribution in [0.3, 0.4) is 0 Å². The number of benzene rings is 1. The summed E-state index contributed by atoms with van der Waals surface area (Å²) in [5, 5.41) is 14.9. The molecule has 10 heteroatoms. The fourth-order valence-electron chi connectivity index (χ4n) is 6.49. The fourth-order valence-corrected chi connectivity index (χ4v) is 7.11. The molecule has 4 heterocycles. The number of carbonyl (C=O) groups excluding carboxylic acids is 2. The standard InChI is InChI=1S/C34H37N5O4S/c1-33(37-32(41)30-3-2-22-44-30)13-10-28(11-14-33)39-29-9-6-26(23-25(29)12-17-35-39)36-31(40)24-4-7-27(8-5-24)38-18-15-34(16-19-38)42-20-21-43-34/h2-11,13,17,22-23,25,29H,12,14-16,18-21H2,1H3,(H,36,40)(H,37,41). The normalized spacial score (nSPS) is 27.1. The van der Waals surface area contributed by atoms with Crippen molar-refractivity contribution in [1.82, 2.24) is 15.6 Å². The Kier molecular flexibility index (Phi) is 7.74. The van der Waals surface area contributed by atoms with Crippen LogP contribution in [0.1, 0.15) is 52.6 Å². The molecule has 2 N–H and O–H groups in total. The molecule has 1 spiro atoms. The maximum absolute atomic E-state index is 13.1. The van der Waals surface area contributed by atoms with E-state index in [9.17, 15) is 9.59 Å². The van der Waals surface area contributed by atoms with Gasteiger partial charge in [-0.25, -0.2) is 0 Å². The lowest BCUT2D eigenvalue weighted by atomic mass is 9.87. The lowest BCUT2D eigenvalue weighted by Gasteiger charge is -2.39. The molecule has 3 aliphatic heterocycles. The van der Waals surface area contributed by atoms with Crippen molar-refractivity contribution < 1.29 is 19.1 Å². The highest BCUT2D eigenvalue weighted by atomic mass is 32.1. The predicted octanol–water partition coefficient (Wildman–Crippen LogP) is 4.98. The summed E-state index contributed by atoms with van der Waals surface area (Å²) in [6.45, 7) is 5.11. The number of hydrogen-bond acceptors (Lipinski definition) is 8. The monoisotopic (exact) mass is 611 g/mol. The highest BCUT2D eigenvalue weighted by Gasteiger charge is 2.40. The molecule has 2 aliphatic carbocycles. The number of piperidine rings is 1. The number of thiophene rings is 1. The van der Waals surface area contributed by atoms with Crippen LogP contribution in [0.15, 0.2) is 94.7 Å². The van der Waals surface area contributed by atoms with Gasteiger partial charge in [-0.05, 0) is 67.6 Å². The molecule has 2 fully saturated rings. The summed E-state index contributed by atoms with van der Waals surface area (Å²) in [6, 6.07) is 11.6. The number of fused-ring (bicyclic) bond motifs is 1. The Balaban J connectivity index is 0.943. The Labute approximate surface area is 261 Å². The summed E-state index contributed by atoms with van der Waals surface area (Å²) in [7, 11) is 0. The van der Waals surface area contributed by atoms with Gasteiger partial charge in [0.15, 0.2) is 5.79 Å². The van der Waals surface area contributed by atoms with Gasteiger partial charge in [-0.2, -0.15) is 5.10 Å². The van der Waals surface area contributed by atoms with Crippen LogP contribution in [-0.2, 0) is 9.47 Å². The van der Waals surface area contributed by atoms with E-state index in [2.05, 4.69) is 33.8 Å². The van der Waals surface area contributed by atoms with Gasteiger partial charge < -0.3 is 25.0 Å². The van der Waals surface area contributed by atoms with E-state index in [1.165, 1.54) is 11.3 Å². The van der Waals surface area contributed by atoms with Crippen molar-refractivity contribution in [2.75, 3.05) is 31.2 Å². The Bertz CT molecular complexity index is 1540. The topological polar surface area (TPSA) is 95.5 Å². The average Bonchev–Trinajstić information content (AvgIpc) is 3.75. The number of hydrogen-bond donors (Lipinski definition) is 2. The molecule has 228 valence electrons. The average molecular weight is 612 g/mol. The van der Waals surface area contributed by atoms with E-state index in [1.54, 1.807) is 0 Å². The van der Waals surface area contributed by atoms with E-state index in [1.807, 2.05) is 78.2 Å². The minimum Gasteiger partial charge on any atom is -0.371 e. The first kappa shape index (κ1) is 28.8. The zero-order valence-corrected chi connectivity index (χ0v) is 25.6. The Hall–Kier alpha value is -3.99. The van der Waals surface area contributed by atoms with Crippen LogP contribution in [0, 0.1) is 5.92 Å². The number of anilines is 1. The highest BCUT2D eigenvalue weighted by Crippen LogP contribution is 2.34. The van der Waals surface area contributed by atoms with Gasteiger partial charge in [-0.15, -0.1) is 11.3 Å². The molecule has 2 amide bonds. The molecule has 7 rings (SSSR count). The number of allylic oxidation sites excluding steroid dienone is 2. The van der Waals surface area contributed by atoms with Gasteiger partial charge in [-0.1, -0.05) is 30.4 Å².